The van der Waals surface area contributed by atoms with Crippen LogP contribution in [-0.2, 0) is 6.42 Å². The Morgan fingerprint density at radius 2 is 2.26 bits per heavy atom. The Balaban J connectivity index is 1.88. The zero-order chi connectivity index (χ0) is 13.2. The van der Waals surface area contributed by atoms with Gasteiger partial charge in [0.05, 0.1) is 10.9 Å². The third-order valence-electron chi connectivity index (χ3n) is 3.55. The monoisotopic (exact) mass is 291 g/mol. The standard InChI is InChI=1S/C14H17N3S2/c1-18-12-13(15)17-19-14(12)16-11-8-4-6-9-5-2-3-7-10(9)11/h2-3,5,7,11,16H,4,6,8H2,1H3,(H2,15,17). The zero-order valence-corrected chi connectivity index (χ0v) is 12.5. The summed E-state index contributed by atoms with van der Waals surface area (Å²) in [5, 5.41) is 4.74. The highest BCUT2D eigenvalue weighted by atomic mass is 32.2. The van der Waals surface area contributed by atoms with E-state index >= 15 is 0 Å². The average molecular weight is 291 g/mol. The number of anilines is 2. The number of thioether (sulfide) groups is 1. The van der Waals surface area contributed by atoms with Crippen LogP contribution in [0.4, 0.5) is 10.8 Å². The molecule has 1 unspecified atom stereocenters. The van der Waals surface area contributed by atoms with Crippen LogP contribution in [0.1, 0.15) is 30.0 Å². The second kappa shape index (κ2) is 5.43. The maximum atomic E-state index is 5.89. The average Bonchev–Trinajstić information content (AvgIpc) is 2.79. The third kappa shape index (κ3) is 2.44. The topological polar surface area (TPSA) is 50.9 Å². The number of nitrogens with two attached hydrogens (primary N) is 1. The molecule has 1 aliphatic rings. The van der Waals surface area contributed by atoms with Crippen molar-refractivity contribution in [3.8, 4) is 0 Å². The van der Waals surface area contributed by atoms with Crippen molar-refractivity contribution in [1.82, 2.24) is 4.37 Å². The van der Waals surface area contributed by atoms with Crippen molar-refractivity contribution in [3.63, 3.8) is 0 Å². The van der Waals surface area contributed by atoms with Crippen molar-refractivity contribution in [2.75, 3.05) is 17.3 Å². The van der Waals surface area contributed by atoms with Gasteiger partial charge in [-0.2, -0.15) is 4.37 Å². The maximum Gasteiger partial charge on any atom is 0.153 e. The minimum atomic E-state index is 0.385. The van der Waals surface area contributed by atoms with Crippen LogP contribution >= 0.6 is 23.3 Å². The second-order valence-electron chi connectivity index (χ2n) is 4.72. The SMILES string of the molecule is CSc1c(N)nsc1NC1CCCc2ccccc21. The number of hydrogen-bond donors (Lipinski definition) is 2. The first kappa shape index (κ1) is 12.8. The third-order valence-corrected chi connectivity index (χ3v) is 5.30. The molecule has 100 valence electrons. The molecule has 0 saturated heterocycles. The van der Waals surface area contributed by atoms with Gasteiger partial charge in [0, 0.05) is 0 Å². The summed E-state index contributed by atoms with van der Waals surface area (Å²) in [6.07, 6.45) is 5.63. The molecule has 1 aliphatic carbocycles. The predicted molar refractivity (Wildman–Crippen MR) is 84.1 cm³/mol. The predicted octanol–water partition coefficient (Wildman–Crippen LogP) is 3.94. The van der Waals surface area contributed by atoms with Crippen LogP contribution in [0.2, 0.25) is 0 Å². The first-order valence-corrected chi connectivity index (χ1v) is 8.43. The van der Waals surface area contributed by atoms with E-state index in [0.29, 0.717) is 11.9 Å². The first-order chi connectivity index (χ1) is 9.29. The van der Waals surface area contributed by atoms with Crippen molar-refractivity contribution in [1.29, 1.82) is 0 Å². The van der Waals surface area contributed by atoms with E-state index in [1.54, 1.807) is 11.8 Å². The van der Waals surface area contributed by atoms with Gasteiger partial charge in [-0.25, -0.2) is 0 Å². The summed E-state index contributed by atoms with van der Waals surface area (Å²) in [5.41, 5.74) is 8.78. The van der Waals surface area contributed by atoms with Crippen LogP contribution in [0.15, 0.2) is 29.2 Å². The summed E-state index contributed by atoms with van der Waals surface area (Å²) in [5.74, 6) is 0.643. The van der Waals surface area contributed by atoms with Crippen molar-refractivity contribution < 1.29 is 0 Å². The van der Waals surface area contributed by atoms with Crippen molar-refractivity contribution >= 4 is 34.1 Å². The van der Waals surface area contributed by atoms with E-state index in [-0.39, 0.29) is 0 Å². The number of fused-ring (bicyclic) bond motifs is 1. The number of aryl methyl sites for hydroxylation is 1. The van der Waals surface area contributed by atoms with Gasteiger partial charge in [0.25, 0.3) is 0 Å². The second-order valence-corrected chi connectivity index (χ2v) is 6.31. The van der Waals surface area contributed by atoms with Gasteiger partial charge in [-0.1, -0.05) is 24.3 Å². The van der Waals surface area contributed by atoms with Gasteiger partial charge >= 0.3 is 0 Å². The van der Waals surface area contributed by atoms with Gasteiger partial charge in [0.2, 0.25) is 0 Å². The molecule has 19 heavy (non-hydrogen) atoms. The van der Waals surface area contributed by atoms with Crippen LogP contribution in [0, 0.1) is 0 Å². The number of nitrogen functional groups attached to an aromatic ring is 1. The van der Waals surface area contributed by atoms with Crippen molar-refractivity contribution in [2.45, 2.75) is 30.2 Å². The summed E-state index contributed by atoms with van der Waals surface area (Å²) < 4.78 is 4.24. The van der Waals surface area contributed by atoms with Gasteiger partial charge < -0.3 is 11.1 Å². The van der Waals surface area contributed by atoms with E-state index in [0.717, 1.165) is 9.90 Å². The van der Waals surface area contributed by atoms with Gasteiger partial charge in [-0.3, -0.25) is 0 Å². The molecule has 3 N–H and O–H groups in total. The number of nitrogens with zero attached hydrogens (tertiary/aromatic N) is 1. The van der Waals surface area contributed by atoms with Gasteiger partial charge in [-0.15, -0.1) is 11.8 Å². The fourth-order valence-corrected chi connectivity index (χ4v) is 4.23. The smallest absolute Gasteiger partial charge is 0.153 e. The van der Waals surface area contributed by atoms with Gasteiger partial charge in [0.15, 0.2) is 5.82 Å². The zero-order valence-electron chi connectivity index (χ0n) is 10.8. The minimum absolute atomic E-state index is 0.385. The van der Waals surface area contributed by atoms with Crippen LogP contribution < -0.4 is 11.1 Å². The highest BCUT2D eigenvalue weighted by Crippen LogP contribution is 2.39. The molecule has 1 aromatic carbocycles. The Hall–Kier alpha value is -1.20. The molecule has 1 heterocycles. The Morgan fingerprint density at radius 3 is 3.11 bits per heavy atom. The lowest BCUT2D eigenvalue weighted by molar-refractivity contribution is 0.601. The maximum absolute atomic E-state index is 5.89. The Bertz CT molecular complexity index is 580. The van der Waals surface area contributed by atoms with Crippen LogP contribution in [-0.4, -0.2) is 10.6 Å². The van der Waals surface area contributed by atoms with E-state index in [9.17, 15) is 0 Å². The van der Waals surface area contributed by atoms with Gasteiger partial charge in [-0.05, 0) is 48.2 Å². The Kier molecular flexibility index (Phi) is 3.66. The lowest BCUT2D eigenvalue weighted by atomic mass is 9.88. The summed E-state index contributed by atoms with van der Waals surface area (Å²) in [7, 11) is 0. The molecule has 0 bridgehead atoms. The van der Waals surface area contributed by atoms with Gasteiger partial charge in [0.1, 0.15) is 5.00 Å². The molecule has 0 saturated carbocycles. The fraction of sp³-hybridized carbons (Fsp3) is 0.357. The van der Waals surface area contributed by atoms with E-state index in [1.165, 1.54) is 41.9 Å². The summed E-state index contributed by atoms with van der Waals surface area (Å²) >= 11 is 3.12. The molecule has 1 atom stereocenters. The number of hydrogen-bond acceptors (Lipinski definition) is 5. The molecule has 0 aliphatic heterocycles. The summed E-state index contributed by atoms with van der Waals surface area (Å²) in [6, 6.07) is 9.10. The molecular formula is C14H17N3S2. The quantitative estimate of drug-likeness (QED) is 0.841. The number of rotatable bonds is 3. The normalized spacial score (nSPS) is 18.1. The fourth-order valence-electron chi connectivity index (χ4n) is 2.65. The highest BCUT2D eigenvalue weighted by molar-refractivity contribution is 7.99. The van der Waals surface area contributed by atoms with Crippen molar-refractivity contribution in [2.24, 2.45) is 0 Å². The first-order valence-electron chi connectivity index (χ1n) is 6.43. The minimum Gasteiger partial charge on any atom is -0.382 e. The molecule has 2 aromatic rings. The Labute approximate surface area is 121 Å². The van der Waals surface area contributed by atoms with E-state index in [2.05, 4.69) is 34.0 Å². The van der Waals surface area contributed by atoms with Crippen molar-refractivity contribution in [3.05, 3.63) is 35.4 Å². The largest absolute Gasteiger partial charge is 0.382 e. The molecule has 0 fully saturated rings. The van der Waals surface area contributed by atoms with Crippen LogP contribution in [0.3, 0.4) is 0 Å². The van der Waals surface area contributed by atoms with E-state index < -0.39 is 0 Å². The number of aromatic nitrogens is 1. The molecule has 5 heteroatoms. The number of nitrogens with one attached hydrogen (secondary N) is 1. The summed E-state index contributed by atoms with van der Waals surface area (Å²) in [4.78, 5) is 1.08. The molecule has 3 rings (SSSR count). The molecule has 0 radical (unpaired) electrons. The summed E-state index contributed by atoms with van der Waals surface area (Å²) in [6.45, 7) is 0. The molecule has 0 spiro atoms. The highest BCUT2D eigenvalue weighted by Gasteiger charge is 2.21. The molecular weight excluding hydrogens is 274 g/mol. The van der Waals surface area contributed by atoms with Crippen LogP contribution in [0.25, 0.3) is 0 Å². The lowest BCUT2D eigenvalue weighted by Gasteiger charge is -2.26. The molecule has 3 nitrogen and oxygen atoms in total. The van der Waals surface area contributed by atoms with E-state index in [4.69, 9.17) is 5.73 Å². The molecule has 0 amide bonds. The number of benzene rings is 1. The Morgan fingerprint density at radius 1 is 1.42 bits per heavy atom. The molecule has 1 aromatic heterocycles. The van der Waals surface area contributed by atoms with E-state index in [1.807, 2.05) is 6.26 Å². The van der Waals surface area contributed by atoms with Crippen LogP contribution in [0.5, 0.6) is 0 Å². The lowest BCUT2D eigenvalue weighted by Crippen LogP contribution is -2.17.